The Morgan fingerprint density at radius 2 is 1.90 bits per heavy atom. The second kappa shape index (κ2) is 6.07. The number of halogens is 3. The molecule has 5 nitrogen and oxygen atoms in total. The highest BCUT2D eigenvalue weighted by Gasteiger charge is 2.11. The average molecular weight is 328 g/mol. The van der Waals surface area contributed by atoms with Crippen LogP contribution in [0, 0.1) is 15.9 Å². The summed E-state index contributed by atoms with van der Waals surface area (Å²) in [6.07, 6.45) is 1.01. The quantitative estimate of drug-likeness (QED) is 0.487. The van der Waals surface area contributed by atoms with Crippen molar-refractivity contribution >= 4 is 40.8 Å². The van der Waals surface area contributed by atoms with Gasteiger partial charge >= 0.3 is 0 Å². The van der Waals surface area contributed by atoms with E-state index in [9.17, 15) is 19.6 Å². The lowest BCUT2D eigenvalue weighted by Crippen LogP contribution is -2.02. The zero-order valence-corrected chi connectivity index (χ0v) is 11.7. The van der Waals surface area contributed by atoms with Crippen molar-refractivity contribution in [2.24, 2.45) is 4.99 Å². The van der Waals surface area contributed by atoms with Crippen molar-refractivity contribution in [3.8, 4) is 5.75 Å². The second-order valence-electron chi connectivity index (χ2n) is 3.95. The highest BCUT2D eigenvalue weighted by molar-refractivity contribution is 6.31. The minimum Gasteiger partial charge on any atom is -0.867 e. The van der Waals surface area contributed by atoms with Crippen LogP contribution in [0.3, 0.4) is 0 Å². The van der Waals surface area contributed by atoms with Crippen LogP contribution in [-0.4, -0.2) is 11.1 Å². The van der Waals surface area contributed by atoms with Gasteiger partial charge in [-0.3, -0.25) is 15.1 Å². The summed E-state index contributed by atoms with van der Waals surface area (Å²) < 4.78 is 13.5. The molecule has 0 saturated heterocycles. The predicted octanol–water partition coefficient (Wildman–Crippen LogP) is 3.86. The SMILES string of the molecule is O=[N+]([O-])c1cc(Cl)cc(C=Nc2cc(Cl)ccc2F)c1[O-]. The largest absolute Gasteiger partial charge is 0.867 e. The fraction of sp³-hybridized carbons (Fsp3) is 0. The third-order valence-corrected chi connectivity index (χ3v) is 2.96. The van der Waals surface area contributed by atoms with E-state index in [1.807, 2.05) is 0 Å². The van der Waals surface area contributed by atoms with Crippen molar-refractivity contribution in [3.63, 3.8) is 0 Å². The van der Waals surface area contributed by atoms with Gasteiger partial charge in [-0.15, -0.1) is 0 Å². The Kier molecular flexibility index (Phi) is 4.40. The van der Waals surface area contributed by atoms with E-state index in [0.29, 0.717) is 0 Å². The lowest BCUT2D eigenvalue weighted by molar-refractivity contribution is -0.398. The van der Waals surface area contributed by atoms with E-state index >= 15 is 0 Å². The van der Waals surface area contributed by atoms with Gasteiger partial charge in [-0.1, -0.05) is 23.2 Å². The van der Waals surface area contributed by atoms with Crippen LogP contribution in [0.25, 0.3) is 0 Å². The average Bonchev–Trinajstić information content (AvgIpc) is 2.42. The van der Waals surface area contributed by atoms with Crippen LogP contribution in [-0.2, 0) is 0 Å². The number of nitrogens with zero attached hydrogens (tertiary/aromatic N) is 2. The zero-order valence-electron chi connectivity index (χ0n) is 10.2. The number of aliphatic imine (C=N–C) groups is 1. The molecule has 0 aliphatic carbocycles. The summed E-state index contributed by atoms with van der Waals surface area (Å²) >= 11 is 11.4. The first-order valence-electron chi connectivity index (χ1n) is 5.52. The summed E-state index contributed by atoms with van der Waals surface area (Å²) in [6.45, 7) is 0. The summed E-state index contributed by atoms with van der Waals surface area (Å²) in [7, 11) is 0. The normalized spacial score (nSPS) is 11.0. The molecule has 0 bridgehead atoms. The lowest BCUT2D eigenvalue weighted by Gasteiger charge is -2.10. The minimum atomic E-state index is -0.851. The van der Waals surface area contributed by atoms with E-state index in [4.69, 9.17) is 23.2 Å². The number of rotatable bonds is 3. The van der Waals surface area contributed by atoms with Crippen molar-refractivity contribution in [2.75, 3.05) is 0 Å². The standard InChI is InChI=1S/C13H7Cl2FN2O3/c14-8-1-2-10(16)11(4-8)17-6-7-3-9(15)5-12(13(7)19)18(20)21/h1-6,19H/p-1. The number of hydrogen-bond acceptors (Lipinski definition) is 4. The summed E-state index contributed by atoms with van der Waals surface area (Å²) in [4.78, 5) is 13.7. The first-order chi connectivity index (χ1) is 9.88. The maximum Gasteiger partial charge on any atom is 0.263 e. The molecule has 108 valence electrons. The molecule has 0 radical (unpaired) electrons. The van der Waals surface area contributed by atoms with Gasteiger partial charge < -0.3 is 5.11 Å². The van der Waals surface area contributed by atoms with Crippen molar-refractivity contribution in [1.82, 2.24) is 0 Å². The summed E-state index contributed by atoms with van der Waals surface area (Å²) in [5.74, 6) is -1.49. The molecule has 8 heteroatoms. The minimum absolute atomic E-state index is 0.00863. The molecule has 0 amide bonds. The zero-order chi connectivity index (χ0) is 15.6. The molecule has 0 heterocycles. The summed E-state index contributed by atoms with van der Waals surface area (Å²) in [6, 6.07) is 5.88. The monoisotopic (exact) mass is 327 g/mol. The highest BCUT2D eigenvalue weighted by atomic mass is 35.5. The predicted molar refractivity (Wildman–Crippen MR) is 76.2 cm³/mol. The van der Waals surface area contributed by atoms with Gasteiger partial charge in [0.1, 0.15) is 11.5 Å². The van der Waals surface area contributed by atoms with E-state index in [0.717, 1.165) is 18.3 Å². The van der Waals surface area contributed by atoms with Gasteiger partial charge in [-0.2, -0.15) is 0 Å². The Balaban J connectivity index is 2.46. The molecule has 0 aromatic heterocycles. The molecule has 0 spiro atoms. The molecule has 0 saturated carbocycles. The fourth-order valence-electron chi connectivity index (χ4n) is 1.56. The molecule has 2 aromatic carbocycles. The van der Waals surface area contributed by atoms with Gasteiger partial charge in [0.25, 0.3) is 5.69 Å². The number of hydrogen-bond donors (Lipinski definition) is 0. The number of benzene rings is 2. The Morgan fingerprint density at radius 1 is 1.19 bits per heavy atom. The first-order valence-corrected chi connectivity index (χ1v) is 6.28. The van der Waals surface area contributed by atoms with Gasteiger partial charge in [-0.25, -0.2) is 4.39 Å². The molecule has 0 aliphatic rings. The van der Waals surface area contributed by atoms with E-state index in [2.05, 4.69) is 4.99 Å². The van der Waals surface area contributed by atoms with Gasteiger partial charge in [0.2, 0.25) is 0 Å². The third-order valence-electron chi connectivity index (χ3n) is 2.51. The second-order valence-corrected chi connectivity index (χ2v) is 4.83. The Morgan fingerprint density at radius 3 is 2.57 bits per heavy atom. The maximum absolute atomic E-state index is 13.5. The summed E-state index contributed by atoms with van der Waals surface area (Å²) in [5, 5.41) is 22.8. The number of nitro benzene ring substituents is 1. The van der Waals surface area contributed by atoms with Crippen LogP contribution in [0.15, 0.2) is 35.3 Å². The van der Waals surface area contributed by atoms with Crippen LogP contribution in [0.5, 0.6) is 5.75 Å². The fourth-order valence-corrected chi connectivity index (χ4v) is 1.94. The maximum atomic E-state index is 13.5. The van der Waals surface area contributed by atoms with Crippen LogP contribution >= 0.6 is 23.2 Å². The Labute approximate surface area is 128 Å². The van der Waals surface area contributed by atoms with Gasteiger partial charge in [0.15, 0.2) is 0 Å². The van der Waals surface area contributed by atoms with Crippen molar-refractivity contribution in [3.05, 3.63) is 61.9 Å². The van der Waals surface area contributed by atoms with Gasteiger partial charge in [-0.05, 0) is 35.6 Å². The van der Waals surface area contributed by atoms with Crippen molar-refractivity contribution < 1.29 is 14.4 Å². The van der Waals surface area contributed by atoms with Gasteiger partial charge in [0.05, 0.1) is 4.92 Å². The molecule has 2 aromatic rings. The molecule has 0 atom stereocenters. The van der Waals surface area contributed by atoms with E-state index in [1.165, 1.54) is 18.2 Å². The smallest absolute Gasteiger partial charge is 0.263 e. The number of nitro groups is 1. The Hall–Kier alpha value is -2.18. The molecule has 0 fully saturated rings. The highest BCUT2D eigenvalue weighted by Crippen LogP contribution is 2.30. The van der Waals surface area contributed by atoms with E-state index in [-0.39, 0.29) is 21.3 Å². The topological polar surface area (TPSA) is 78.6 Å². The van der Waals surface area contributed by atoms with Crippen molar-refractivity contribution in [1.29, 1.82) is 0 Å². The molecular formula is C13H6Cl2FN2O3-. The molecular weight excluding hydrogens is 322 g/mol. The van der Waals surface area contributed by atoms with Crippen LogP contribution in [0.2, 0.25) is 10.0 Å². The van der Waals surface area contributed by atoms with Gasteiger partial charge in [0, 0.05) is 22.3 Å². The van der Waals surface area contributed by atoms with Crippen LogP contribution in [0.4, 0.5) is 15.8 Å². The molecule has 0 unspecified atom stereocenters. The molecule has 21 heavy (non-hydrogen) atoms. The van der Waals surface area contributed by atoms with E-state index < -0.39 is 22.2 Å². The first kappa shape index (κ1) is 15.2. The molecule has 0 aliphatic heterocycles. The van der Waals surface area contributed by atoms with Crippen molar-refractivity contribution in [2.45, 2.75) is 0 Å². The Bertz CT molecular complexity index is 750. The van der Waals surface area contributed by atoms with E-state index in [1.54, 1.807) is 0 Å². The molecule has 0 N–H and O–H groups in total. The third kappa shape index (κ3) is 3.48. The lowest BCUT2D eigenvalue weighted by atomic mass is 10.2. The molecule has 2 rings (SSSR count). The summed E-state index contributed by atoms with van der Waals surface area (Å²) in [5.41, 5.74) is -0.881. The van der Waals surface area contributed by atoms with Crippen LogP contribution < -0.4 is 5.11 Å². The van der Waals surface area contributed by atoms with Crippen LogP contribution in [0.1, 0.15) is 5.56 Å².